The number of ether oxygens (including phenoxy) is 1. The number of carbonyl (C=O) groups excluding carboxylic acids is 3. The average molecular weight is 351 g/mol. The highest BCUT2D eigenvalue weighted by molar-refractivity contribution is 7.12. The van der Waals surface area contributed by atoms with Crippen LogP contribution < -0.4 is 5.32 Å². The summed E-state index contributed by atoms with van der Waals surface area (Å²) in [7, 11) is 0. The normalized spacial score (nSPS) is 11.2. The van der Waals surface area contributed by atoms with Gasteiger partial charge in [0.1, 0.15) is 6.54 Å². The predicted octanol–water partition coefficient (Wildman–Crippen LogP) is 2.55. The second kappa shape index (κ2) is 8.09. The van der Waals surface area contributed by atoms with Crippen LogP contribution in [0.2, 0.25) is 0 Å². The van der Waals surface area contributed by atoms with Gasteiger partial charge in [-0.05, 0) is 19.9 Å². The van der Waals surface area contributed by atoms with Gasteiger partial charge in [0, 0.05) is 21.7 Å². The van der Waals surface area contributed by atoms with E-state index in [9.17, 15) is 27.6 Å². The van der Waals surface area contributed by atoms with Crippen LogP contribution >= 0.6 is 11.3 Å². The van der Waals surface area contributed by atoms with E-state index in [1.165, 1.54) is 11.3 Å². The highest BCUT2D eigenvalue weighted by Crippen LogP contribution is 2.22. The fourth-order valence-electron chi connectivity index (χ4n) is 1.73. The van der Waals surface area contributed by atoms with E-state index in [-0.39, 0.29) is 18.6 Å². The van der Waals surface area contributed by atoms with Crippen LogP contribution in [-0.2, 0) is 14.3 Å². The molecule has 0 aliphatic carbocycles. The Morgan fingerprint density at radius 1 is 1.22 bits per heavy atom. The molecule has 5 nitrogen and oxygen atoms in total. The number of amides is 1. The first kappa shape index (κ1) is 19.1. The van der Waals surface area contributed by atoms with Gasteiger partial charge in [0.25, 0.3) is 5.91 Å². The van der Waals surface area contributed by atoms with E-state index in [4.69, 9.17) is 0 Å². The fraction of sp³-hybridized carbons (Fsp3) is 0.500. The molecular weight excluding hydrogens is 335 g/mol. The zero-order valence-electron chi connectivity index (χ0n) is 12.6. The van der Waals surface area contributed by atoms with Crippen LogP contribution in [0.25, 0.3) is 0 Å². The predicted molar refractivity (Wildman–Crippen MR) is 77.4 cm³/mol. The Morgan fingerprint density at radius 3 is 2.39 bits per heavy atom. The van der Waals surface area contributed by atoms with E-state index in [0.717, 1.165) is 9.75 Å². The van der Waals surface area contributed by atoms with Crippen molar-refractivity contribution >= 4 is 29.0 Å². The van der Waals surface area contributed by atoms with Crippen molar-refractivity contribution in [3.63, 3.8) is 0 Å². The highest BCUT2D eigenvalue weighted by atomic mass is 32.1. The molecule has 0 saturated carbocycles. The van der Waals surface area contributed by atoms with Gasteiger partial charge in [-0.25, -0.2) is 0 Å². The number of alkyl halides is 3. The Hall–Kier alpha value is -1.90. The Bertz CT molecular complexity index is 595. The minimum absolute atomic E-state index is 0.0833. The Kier molecular flexibility index (Phi) is 6.74. The standard InChI is InChI=1S/C14H16F3NO4S/c1-8-5-10(9(2)23-8)11(19)3-4-13(21)22-6-12(20)18-7-14(15,16)17/h5H,3-4,6-7H2,1-2H3,(H,18,20). The number of carbonyl (C=O) groups is 3. The zero-order valence-corrected chi connectivity index (χ0v) is 13.4. The summed E-state index contributed by atoms with van der Waals surface area (Å²) in [6, 6.07) is 1.73. The van der Waals surface area contributed by atoms with Crippen LogP contribution in [0.5, 0.6) is 0 Å². The van der Waals surface area contributed by atoms with Crippen LogP contribution in [0.1, 0.15) is 33.0 Å². The lowest BCUT2D eigenvalue weighted by molar-refractivity contribution is -0.151. The van der Waals surface area contributed by atoms with E-state index >= 15 is 0 Å². The summed E-state index contributed by atoms with van der Waals surface area (Å²) in [5, 5.41) is 1.57. The van der Waals surface area contributed by atoms with Crippen molar-refractivity contribution in [1.82, 2.24) is 5.32 Å². The van der Waals surface area contributed by atoms with Gasteiger partial charge in [-0.15, -0.1) is 11.3 Å². The third kappa shape index (κ3) is 7.27. The van der Waals surface area contributed by atoms with Crippen molar-refractivity contribution in [3.8, 4) is 0 Å². The monoisotopic (exact) mass is 351 g/mol. The van der Waals surface area contributed by atoms with Crippen LogP contribution in [0.4, 0.5) is 13.2 Å². The number of hydrogen-bond acceptors (Lipinski definition) is 5. The molecule has 0 fully saturated rings. The van der Waals surface area contributed by atoms with Gasteiger partial charge < -0.3 is 10.1 Å². The summed E-state index contributed by atoms with van der Waals surface area (Å²) in [5.41, 5.74) is 0.545. The molecule has 0 unspecified atom stereocenters. The number of thiophene rings is 1. The number of hydrogen-bond donors (Lipinski definition) is 1. The van der Waals surface area contributed by atoms with Crippen molar-refractivity contribution in [2.75, 3.05) is 13.2 Å². The molecule has 0 aromatic carbocycles. The second-order valence-electron chi connectivity index (χ2n) is 4.80. The number of halogens is 3. The van der Waals surface area contributed by atoms with Gasteiger partial charge in [0.05, 0.1) is 6.42 Å². The minimum Gasteiger partial charge on any atom is -0.456 e. The molecule has 1 aromatic heterocycles. The van der Waals surface area contributed by atoms with Crippen molar-refractivity contribution in [2.24, 2.45) is 0 Å². The lowest BCUT2D eigenvalue weighted by Crippen LogP contribution is -2.36. The molecule has 0 aliphatic rings. The van der Waals surface area contributed by atoms with Gasteiger partial charge in [-0.1, -0.05) is 0 Å². The van der Waals surface area contributed by atoms with Crippen LogP contribution in [0.15, 0.2) is 6.07 Å². The topological polar surface area (TPSA) is 72.5 Å². The second-order valence-corrected chi connectivity index (χ2v) is 6.26. The maximum atomic E-state index is 11.9. The third-order valence-corrected chi connectivity index (χ3v) is 3.71. The molecule has 0 spiro atoms. The van der Waals surface area contributed by atoms with Crippen LogP contribution in [0, 0.1) is 13.8 Å². The lowest BCUT2D eigenvalue weighted by atomic mass is 10.1. The van der Waals surface area contributed by atoms with Crippen molar-refractivity contribution < 1.29 is 32.3 Å². The lowest BCUT2D eigenvalue weighted by Gasteiger charge is -2.08. The van der Waals surface area contributed by atoms with Gasteiger partial charge in [-0.2, -0.15) is 13.2 Å². The van der Waals surface area contributed by atoms with Crippen molar-refractivity contribution in [2.45, 2.75) is 32.9 Å². The summed E-state index contributed by atoms with van der Waals surface area (Å²) < 4.78 is 40.1. The summed E-state index contributed by atoms with van der Waals surface area (Å²) in [4.78, 5) is 36.2. The molecule has 1 rings (SSSR count). The molecule has 9 heteroatoms. The van der Waals surface area contributed by atoms with Crippen molar-refractivity contribution in [3.05, 3.63) is 21.4 Å². The van der Waals surface area contributed by atoms with Gasteiger partial charge in [0.15, 0.2) is 12.4 Å². The number of rotatable bonds is 7. The molecule has 0 radical (unpaired) electrons. The van der Waals surface area contributed by atoms with Gasteiger partial charge in [-0.3, -0.25) is 14.4 Å². The molecule has 0 atom stereocenters. The maximum absolute atomic E-state index is 11.9. The quantitative estimate of drug-likeness (QED) is 0.605. The Balaban J connectivity index is 2.30. The molecule has 1 amide bonds. The van der Waals surface area contributed by atoms with E-state index in [1.807, 2.05) is 6.92 Å². The SMILES string of the molecule is Cc1cc(C(=O)CCC(=O)OCC(=O)NCC(F)(F)F)c(C)s1. The zero-order chi connectivity index (χ0) is 17.6. The smallest absolute Gasteiger partial charge is 0.405 e. The Labute approximate surface area is 134 Å². The maximum Gasteiger partial charge on any atom is 0.405 e. The van der Waals surface area contributed by atoms with Gasteiger partial charge in [0.2, 0.25) is 0 Å². The summed E-state index contributed by atoms with van der Waals surface area (Å²) in [6.07, 6.45) is -4.84. The summed E-state index contributed by atoms with van der Waals surface area (Å²) in [5.74, 6) is -2.08. The molecular formula is C14H16F3NO4S. The number of ketones is 1. The largest absolute Gasteiger partial charge is 0.456 e. The van der Waals surface area contributed by atoms with E-state index < -0.39 is 31.2 Å². The van der Waals surface area contributed by atoms with Crippen LogP contribution in [-0.4, -0.2) is 37.0 Å². The number of nitrogens with one attached hydrogen (secondary N) is 1. The molecule has 1 N–H and O–H groups in total. The molecule has 128 valence electrons. The first-order valence-corrected chi connectivity index (χ1v) is 7.49. The third-order valence-electron chi connectivity index (χ3n) is 2.75. The summed E-state index contributed by atoms with van der Waals surface area (Å²) in [6.45, 7) is 1.37. The number of esters is 1. The minimum atomic E-state index is -4.53. The van der Waals surface area contributed by atoms with E-state index in [1.54, 1.807) is 18.3 Å². The molecule has 0 bridgehead atoms. The highest BCUT2D eigenvalue weighted by Gasteiger charge is 2.27. The molecule has 23 heavy (non-hydrogen) atoms. The first-order chi connectivity index (χ1) is 10.6. The Morgan fingerprint density at radius 2 is 1.87 bits per heavy atom. The van der Waals surface area contributed by atoms with Crippen molar-refractivity contribution in [1.29, 1.82) is 0 Å². The summed E-state index contributed by atoms with van der Waals surface area (Å²) >= 11 is 1.47. The molecule has 0 aliphatic heterocycles. The fourth-order valence-corrected chi connectivity index (χ4v) is 2.67. The molecule has 0 saturated heterocycles. The van der Waals surface area contributed by atoms with E-state index in [0.29, 0.717) is 5.56 Å². The van der Waals surface area contributed by atoms with Gasteiger partial charge >= 0.3 is 12.1 Å². The molecule has 1 heterocycles. The number of aryl methyl sites for hydroxylation is 2. The average Bonchev–Trinajstić information content (AvgIpc) is 2.78. The molecule has 1 aromatic rings. The number of Topliss-reactive ketones (excluding diaryl/α,β-unsaturated/α-hetero) is 1. The van der Waals surface area contributed by atoms with Crippen LogP contribution in [0.3, 0.4) is 0 Å². The first-order valence-electron chi connectivity index (χ1n) is 6.68. The van der Waals surface area contributed by atoms with E-state index in [2.05, 4.69) is 4.74 Å².